The van der Waals surface area contributed by atoms with Crippen LogP contribution < -0.4 is 5.73 Å². The van der Waals surface area contributed by atoms with Crippen LogP contribution in [-0.2, 0) is 0 Å². The molecule has 1 heterocycles. The molecule has 0 saturated carbocycles. The fourth-order valence-corrected chi connectivity index (χ4v) is 0.865. The third kappa shape index (κ3) is 1.98. The Morgan fingerprint density at radius 1 is 1.55 bits per heavy atom. The van der Waals surface area contributed by atoms with Gasteiger partial charge in [-0.25, -0.2) is 9.97 Å². The summed E-state index contributed by atoms with van der Waals surface area (Å²) in [5.74, 6) is 0.330. The molecule has 1 aromatic heterocycles. The fraction of sp³-hybridized carbons (Fsp3) is 0.500. The summed E-state index contributed by atoms with van der Waals surface area (Å²) in [4.78, 5) is 8.12. The van der Waals surface area contributed by atoms with Gasteiger partial charge in [0.2, 0.25) is 0 Å². The number of hydrogen-bond donors (Lipinski definition) is 1. The molecule has 1 aromatic rings. The Kier molecular flexibility index (Phi) is 2.54. The fourth-order valence-electron chi connectivity index (χ4n) is 0.865. The van der Waals surface area contributed by atoms with Crippen LogP contribution in [0, 0.1) is 6.92 Å². The molecule has 0 amide bonds. The summed E-state index contributed by atoms with van der Waals surface area (Å²) in [7, 11) is 0. The molecule has 0 bridgehead atoms. The molecule has 3 nitrogen and oxygen atoms in total. The molecule has 0 saturated heterocycles. The van der Waals surface area contributed by atoms with E-state index in [1.54, 1.807) is 6.33 Å². The average molecular weight is 151 g/mol. The Balaban J connectivity index is 2.86. The second-order valence-corrected chi connectivity index (χ2v) is 2.72. The zero-order valence-corrected chi connectivity index (χ0v) is 6.91. The predicted octanol–water partition coefficient (Wildman–Crippen LogP) is 0.847. The van der Waals surface area contributed by atoms with Crippen molar-refractivity contribution in [2.75, 3.05) is 6.54 Å². The molecule has 0 aliphatic carbocycles. The maximum absolute atomic E-state index is 5.49. The van der Waals surface area contributed by atoms with Crippen molar-refractivity contribution in [3.8, 4) is 0 Å². The quantitative estimate of drug-likeness (QED) is 0.681. The summed E-state index contributed by atoms with van der Waals surface area (Å²) in [6.45, 7) is 4.65. The second kappa shape index (κ2) is 3.44. The molecule has 0 spiro atoms. The first-order chi connectivity index (χ1) is 5.24. The maximum Gasteiger partial charge on any atom is 0.115 e. The third-order valence-corrected chi connectivity index (χ3v) is 1.68. The van der Waals surface area contributed by atoms with Crippen LogP contribution in [0.25, 0.3) is 0 Å². The van der Waals surface area contributed by atoms with Gasteiger partial charge in [0.05, 0.1) is 0 Å². The van der Waals surface area contributed by atoms with Gasteiger partial charge in [0.25, 0.3) is 0 Å². The van der Waals surface area contributed by atoms with E-state index in [0.29, 0.717) is 12.5 Å². The van der Waals surface area contributed by atoms with Crippen LogP contribution in [0.1, 0.15) is 24.2 Å². The Morgan fingerprint density at radius 3 is 2.82 bits per heavy atom. The topological polar surface area (TPSA) is 51.8 Å². The monoisotopic (exact) mass is 151 g/mol. The van der Waals surface area contributed by atoms with Crippen molar-refractivity contribution in [2.45, 2.75) is 19.8 Å². The zero-order valence-electron chi connectivity index (χ0n) is 6.91. The smallest absolute Gasteiger partial charge is 0.115 e. The van der Waals surface area contributed by atoms with Crippen LogP contribution in [0.3, 0.4) is 0 Å². The highest BCUT2D eigenvalue weighted by atomic mass is 14.8. The molecule has 11 heavy (non-hydrogen) atoms. The summed E-state index contributed by atoms with van der Waals surface area (Å²) in [5.41, 5.74) is 7.52. The number of nitrogens with two attached hydrogens (primary N) is 1. The Bertz CT molecular complexity index is 235. The lowest BCUT2D eigenvalue weighted by Crippen LogP contribution is -2.10. The molecule has 60 valence electrons. The molecule has 3 heteroatoms. The van der Waals surface area contributed by atoms with Gasteiger partial charge in [-0.1, -0.05) is 6.92 Å². The van der Waals surface area contributed by atoms with Gasteiger partial charge in [0.15, 0.2) is 0 Å². The molecule has 0 aliphatic heterocycles. The number of rotatable bonds is 2. The summed E-state index contributed by atoms with van der Waals surface area (Å²) >= 11 is 0. The minimum atomic E-state index is 0.330. The average Bonchev–Trinajstić information content (AvgIpc) is 2.03. The van der Waals surface area contributed by atoms with Crippen molar-refractivity contribution in [3.63, 3.8) is 0 Å². The van der Waals surface area contributed by atoms with Crippen LogP contribution >= 0.6 is 0 Å². The molecule has 0 unspecified atom stereocenters. The summed E-state index contributed by atoms with van der Waals surface area (Å²) in [5, 5.41) is 0. The lowest BCUT2D eigenvalue weighted by molar-refractivity contribution is 0.738. The lowest BCUT2D eigenvalue weighted by atomic mass is 10.1. The zero-order chi connectivity index (χ0) is 8.27. The van der Waals surface area contributed by atoms with Gasteiger partial charge in [-0.3, -0.25) is 0 Å². The summed E-state index contributed by atoms with van der Waals surface area (Å²) < 4.78 is 0. The van der Waals surface area contributed by atoms with Crippen molar-refractivity contribution in [3.05, 3.63) is 23.8 Å². The standard InChI is InChI=1S/C8H13N3/c1-6(4-9)8-3-7(2)10-5-11-8/h3,5-6H,4,9H2,1-2H3/t6-/m0/s1. The Morgan fingerprint density at radius 2 is 2.27 bits per heavy atom. The van der Waals surface area contributed by atoms with Gasteiger partial charge in [-0.2, -0.15) is 0 Å². The van der Waals surface area contributed by atoms with E-state index in [0.717, 1.165) is 11.4 Å². The van der Waals surface area contributed by atoms with E-state index in [4.69, 9.17) is 5.73 Å². The molecule has 0 radical (unpaired) electrons. The molecule has 1 rings (SSSR count). The van der Waals surface area contributed by atoms with Gasteiger partial charge in [0, 0.05) is 23.9 Å². The lowest BCUT2D eigenvalue weighted by Gasteiger charge is -2.06. The number of aromatic nitrogens is 2. The first kappa shape index (κ1) is 8.14. The van der Waals surface area contributed by atoms with E-state index in [1.807, 2.05) is 13.0 Å². The number of hydrogen-bond acceptors (Lipinski definition) is 3. The van der Waals surface area contributed by atoms with E-state index >= 15 is 0 Å². The van der Waals surface area contributed by atoms with Gasteiger partial charge in [-0.05, 0) is 13.0 Å². The molecule has 0 aromatic carbocycles. The third-order valence-electron chi connectivity index (χ3n) is 1.68. The van der Waals surface area contributed by atoms with Crippen LogP contribution in [0.2, 0.25) is 0 Å². The van der Waals surface area contributed by atoms with Crippen molar-refractivity contribution in [1.82, 2.24) is 9.97 Å². The maximum atomic E-state index is 5.49. The molecule has 0 fully saturated rings. The minimum Gasteiger partial charge on any atom is -0.330 e. The minimum absolute atomic E-state index is 0.330. The van der Waals surface area contributed by atoms with Crippen molar-refractivity contribution in [1.29, 1.82) is 0 Å². The highest BCUT2D eigenvalue weighted by Gasteiger charge is 2.03. The second-order valence-electron chi connectivity index (χ2n) is 2.72. The van der Waals surface area contributed by atoms with Crippen LogP contribution in [-0.4, -0.2) is 16.5 Å². The highest BCUT2D eigenvalue weighted by Crippen LogP contribution is 2.09. The predicted molar refractivity (Wildman–Crippen MR) is 44.2 cm³/mol. The largest absolute Gasteiger partial charge is 0.330 e. The number of nitrogens with zero attached hydrogens (tertiary/aromatic N) is 2. The van der Waals surface area contributed by atoms with E-state index in [-0.39, 0.29) is 0 Å². The first-order valence-electron chi connectivity index (χ1n) is 3.72. The van der Waals surface area contributed by atoms with Gasteiger partial charge >= 0.3 is 0 Å². The Hall–Kier alpha value is -0.960. The van der Waals surface area contributed by atoms with Crippen molar-refractivity contribution in [2.24, 2.45) is 5.73 Å². The number of aryl methyl sites for hydroxylation is 1. The van der Waals surface area contributed by atoms with Crippen LogP contribution in [0.5, 0.6) is 0 Å². The van der Waals surface area contributed by atoms with E-state index in [2.05, 4.69) is 16.9 Å². The molecule has 0 aliphatic rings. The molecule has 2 N–H and O–H groups in total. The van der Waals surface area contributed by atoms with E-state index < -0.39 is 0 Å². The molecule has 1 atom stereocenters. The first-order valence-corrected chi connectivity index (χ1v) is 3.72. The van der Waals surface area contributed by atoms with Crippen LogP contribution in [0.4, 0.5) is 0 Å². The van der Waals surface area contributed by atoms with Gasteiger partial charge in [0.1, 0.15) is 6.33 Å². The highest BCUT2D eigenvalue weighted by molar-refractivity contribution is 5.10. The van der Waals surface area contributed by atoms with E-state index in [9.17, 15) is 0 Å². The van der Waals surface area contributed by atoms with Crippen molar-refractivity contribution >= 4 is 0 Å². The molecular weight excluding hydrogens is 138 g/mol. The Labute approximate surface area is 66.7 Å². The van der Waals surface area contributed by atoms with Crippen molar-refractivity contribution < 1.29 is 0 Å². The molecular formula is C8H13N3. The van der Waals surface area contributed by atoms with E-state index in [1.165, 1.54) is 0 Å². The SMILES string of the molecule is Cc1cc([C@@H](C)CN)ncn1. The summed E-state index contributed by atoms with van der Waals surface area (Å²) in [6.07, 6.45) is 1.58. The van der Waals surface area contributed by atoms with Gasteiger partial charge < -0.3 is 5.73 Å². The summed E-state index contributed by atoms with van der Waals surface area (Å²) in [6, 6.07) is 1.97. The van der Waals surface area contributed by atoms with Gasteiger partial charge in [-0.15, -0.1) is 0 Å². The normalized spacial score (nSPS) is 13.0. The van der Waals surface area contributed by atoms with Crippen LogP contribution in [0.15, 0.2) is 12.4 Å².